The van der Waals surface area contributed by atoms with Crippen molar-refractivity contribution in [2.24, 2.45) is 11.7 Å². The third-order valence-electron chi connectivity index (χ3n) is 5.37. The first-order valence-corrected chi connectivity index (χ1v) is 9.72. The highest BCUT2D eigenvalue weighted by Gasteiger charge is 2.32. The first kappa shape index (κ1) is 19.4. The highest BCUT2D eigenvalue weighted by Crippen LogP contribution is 2.30. The summed E-state index contributed by atoms with van der Waals surface area (Å²) in [7, 11) is -1.21. The van der Waals surface area contributed by atoms with E-state index >= 15 is 0 Å². The Kier molecular flexibility index (Phi) is 6.66. The molecule has 2 aliphatic heterocycles. The molecule has 3 atom stereocenters. The number of nitrogens with zero attached hydrogens (tertiary/aromatic N) is 1. The Morgan fingerprint density at radius 3 is 2.84 bits per heavy atom. The van der Waals surface area contributed by atoms with Gasteiger partial charge in [-0.25, -0.2) is 0 Å². The lowest BCUT2D eigenvalue weighted by Crippen LogP contribution is -2.44. The molecule has 2 heterocycles. The first-order valence-electron chi connectivity index (χ1n) is 8.96. The van der Waals surface area contributed by atoms with Gasteiger partial charge in [0.15, 0.2) is 0 Å². The van der Waals surface area contributed by atoms with Crippen molar-refractivity contribution in [3.05, 3.63) is 33.3 Å². The number of fused-ring (bicyclic) bond motifs is 1. The van der Waals surface area contributed by atoms with Crippen LogP contribution in [0.1, 0.15) is 24.0 Å². The smallest absolute Gasteiger partial charge is 0.427 e. The predicted octanol–water partition coefficient (Wildman–Crippen LogP) is 1.52. The summed E-state index contributed by atoms with van der Waals surface area (Å²) in [6.07, 6.45) is 3.07. The van der Waals surface area contributed by atoms with Crippen molar-refractivity contribution in [2.45, 2.75) is 44.2 Å². The van der Waals surface area contributed by atoms with E-state index in [-0.39, 0.29) is 6.04 Å². The van der Waals surface area contributed by atoms with Gasteiger partial charge in [0, 0.05) is 48.3 Å². The molecule has 0 saturated carbocycles. The Labute approximate surface area is 159 Å². The summed E-state index contributed by atoms with van der Waals surface area (Å²) in [4.78, 5) is 2.41. The van der Waals surface area contributed by atoms with Crippen molar-refractivity contribution < 1.29 is 10.0 Å². The zero-order valence-corrected chi connectivity index (χ0v) is 15.8. The fourth-order valence-electron chi connectivity index (χ4n) is 4.06. The van der Waals surface area contributed by atoms with Crippen LogP contribution < -0.4 is 11.1 Å². The molecule has 5 nitrogen and oxygen atoms in total. The topological polar surface area (TPSA) is 81.8 Å². The van der Waals surface area contributed by atoms with E-state index < -0.39 is 7.12 Å². The molecule has 3 rings (SSSR count). The van der Waals surface area contributed by atoms with Crippen LogP contribution in [0.5, 0.6) is 0 Å². The second-order valence-electron chi connectivity index (χ2n) is 7.36. The number of hydrogen-bond acceptors (Lipinski definition) is 5. The van der Waals surface area contributed by atoms with Gasteiger partial charge in [0.2, 0.25) is 0 Å². The molecule has 8 heteroatoms. The highest BCUT2D eigenvalue weighted by atomic mass is 35.5. The van der Waals surface area contributed by atoms with Crippen LogP contribution in [0.15, 0.2) is 12.1 Å². The second-order valence-corrected chi connectivity index (χ2v) is 8.20. The van der Waals surface area contributed by atoms with Gasteiger partial charge >= 0.3 is 7.12 Å². The maximum Gasteiger partial charge on any atom is 0.451 e. The molecule has 0 spiro atoms. The summed E-state index contributed by atoms with van der Waals surface area (Å²) in [6, 6.07) is 4.33. The van der Waals surface area contributed by atoms with Crippen molar-refractivity contribution >= 4 is 30.3 Å². The van der Waals surface area contributed by atoms with Crippen molar-refractivity contribution in [1.82, 2.24) is 10.2 Å². The minimum absolute atomic E-state index is 0.161. The van der Waals surface area contributed by atoms with Gasteiger partial charge in [0.25, 0.3) is 0 Å². The SMILES string of the molecule is N[C@H]1CN(CC2Cc3c(Cl)cc(Cl)cc3CN2)C[C@@H]1CCCB(O)O. The van der Waals surface area contributed by atoms with Crippen molar-refractivity contribution in [2.75, 3.05) is 19.6 Å². The molecule has 138 valence electrons. The Balaban J connectivity index is 1.52. The molecular formula is C17H26BCl2N3O2. The molecule has 0 bridgehead atoms. The average molecular weight is 386 g/mol. The minimum atomic E-state index is -1.21. The Morgan fingerprint density at radius 2 is 2.08 bits per heavy atom. The number of likely N-dealkylation sites (tertiary alicyclic amines) is 1. The minimum Gasteiger partial charge on any atom is -0.427 e. The van der Waals surface area contributed by atoms with Gasteiger partial charge < -0.3 is 21.1 Å². The number of rotatable bonds is 6. The first-order chi connectivity index (χ1) is 11.9. The lowest BCUT2D eigenvalue weighted by Gasteiger charge is -2.30. The molecular weight excluding hydrogens is 360 g/mol. The zero-order chi connectivity index (χ0) is 18.0. The molecule has 1 aromatic rings. The number of nitrogens with two attached hydrogens (primary N) is 1. The fourth-order valence-corrected chi connectivity index (χ4v) is 4.68. The number of halogens is 2. The van der Waals surface area contributed by atoms with Gasteiger partial charge in [-0.05, 0) is 48.3 Å². The third kappa shape index (κ3) is 5.10. The van der Waals surface area contributed by atoms with E-state index in [1.807, 2.05) is 12.1 Å². The van der Waals surface area contributed by atoms with E-state index in [4.69, 9.17) is 39.0 Å². The number of benzene rings is 1. The summed E-state index contributed by atoms with van der Waals surface area (Å²) in [5, 5.41) is 23.0. The normalized spacial score (nSPS) is 26.7. The third-order valence-corrected chi connectivity index (χ3v) is 5.92. The summed E-state index contributed by atoms with van der Waals surface area (Å²) in [5.74, 6) is 0.428. The summed E-state index contributed by atoms with van der Waals surface area (Å²) in [6.45, 7) is 3.61. The molecule has 1 fully saturated rings. The van der Waals surface area contributed by atoms with Crippen LogP contribution in [0, 0.1) is 5.92 Å². The van der Waals surface area contributed by atoms with Gasteiger partial charge in [0.05, 0.1) is 0 Å². The van der Waals surface area contributed by atoms with E-state index in [1.54, 1.807) is 0 Å². The van der Waals surface area contributed by atoms with E-state index in [0.29, 0.717) is 23.3 Å². The molecule has 0 aliphatic carbocycles. The molecule has 1 unspecified atom stereocenters. The van der Waals surface area contributed by atoms with Crippen LogP contribution in [-0.4, -0.2) is 53.8 Å². The molecule has 0 amide bonds. The highest BCUT2D eigenvalue weighted by molar-refractivity contribution is 6.40. The standard InChI is InChI=1S/C17H26BCl2N3O2/c19-13-4-12-7-22-14(6-15(12)16(20)5-13)9-23-8-11(17(21)10-23)2-1-3-18(24)25/h4-5,11,14,17,22,24-25H,1-3,6-10,21H2/t11-,14?,17-/m0/s1. The quantitative estimate of drug-likeness (QED) is 0.558. The largest absolute Gasteiger partial charge is 0.451 e. The molecule has 1 aromatic carbocycles. The Bertz CT molecular complexity index is 606. The molecule has 0 radical (unpaired) electrons. The Morgan fingerprint density at radius 1 is 1.28 bits per heavy atom. The van der Waals surface area contributed by atoms with Gasteiger partial charge in [-0.15, -0.1) is 0 Å². The monoisotopic (exact) mass is 385 g/mol. The fraction of sp³-hybridized carbons (Fsp3) is 0.647. The average Bonchev–Trinajstić information content (AvgIpc) is 2.87. The van der Waals surface area contributed by atoms with Crippen molar-refractivity contribution in [3.8, 4) is 0 Å². The van der Waals surface area contributed by atoms with Gasteiger partial charge in [-0.2, -0.15) is 0 Å². The van der Waals surface area contributed by atoms with E-state index in [2.05, 4.69) is 10.2 Å². The van der Waals surface area contributed by atoms with Crippen molar-refractivity contribution in [3.63, 3.8) is 0 Å². The van der Waals surface area contributed by atoms with Crippen LogP contribution in [0.2, 0.25) is 16.4 Å². The predicted molar refractivity (Wildman–Crippen MR) is 103 cm³/mol. The van der Waals surface area contributed by atoms with Crippen LogP contribution in [0.3, 0.4) is 0 Å². The molecule has 2 aliphatic rings. The summed E-state index contributed by atoms with van der Waals surface area (Å²) >= 11 is 12.5. The second kappa shape index (κ2) is 8.57. The maximum atomic E-state index is 8.97. The molecule has 5 N–H and O–H groups in total. The molecule has 0 aromatic heterocycles. The lowest BCUT2D eigenvalue weighted by molar-refractivity contribution is 0.270. The molecule has 25 heavy (non-hydrogen) atoms. The number of hydrogen-bond donors (Lipinski definition) is 4. The van der Waals surface area contributed by atoms with Crippen LogP contribution >= 0.6 is 23.2 Å². The van der Waals surface area contributed by atoms with Crippen LogP contribution in [-0.2, 0) is 13.0 Å². The van der Waals surface area contributed by atoms with E-state index in [9.17, 15) is 0 Å². The summed E-state index contributed by atoms with van der Waals surface area (Å²) in [5.41, 5.74) is 8.67. The van der Waals surface area contributed by atoms with E-state index in [1.165, 1.54) is 11.1 Å². The lowest BCUT2D eigenvalue weighted by atomic mass is 9.82. The van der Waals surface area contributed by atoms with Crippen LogP contribution in [0.4, 0.5) is 0 Å². The zero-order valence-electron chi connectivity index (χ0n) is 14.3. The van der Waals surface area contributed by atoms with Gasteiger partial charge in [0.1, 0.15) is 0 Å². The van der Waals surface area contributed by atoms with Gasteiger partial charge in [-0.1, -0.05) is 29.6 Å². The number of nitrogens with one attached hydrogen (secondary N) is 1. The van der Waals surface area contributed by atoms with Crippen molar-refractivity contribution in [1.29, 1.82) is 0 Å². The Hall–Kier alpha value is -0.335. The van der Waals surface area contributed by atoms with Gasteiger partial charge in [-0.3, -0.25) is 4.90 Å². The molecule has 1 saturated heterocycles. The maximum absolute atomic E-state index is 8.97. The van der Waals surface area contributed by atoms with Crippen LogP contribution in [0.25, 0.3) is 0 Å². The van der Waals surface area contributed by atoms with E-state index in [0.717, 1.165) is 50.5 Å². The summed E-state index contributed by atoms with van der Waals surface area (Å²) < 4.78 is 0.